The molecule has 23 heavy (non-hydrogen) atoms. The van der Waals surface area contributed by atoms with E-state index in [1.165, 1.54) is 0 Å². The number of halogens is 3. The van der Waals surface area contributed by atoms with E-state index < -0.39 is 11.7 Å². The third kappa shape index (κ3) is 3.52. The van der Waals surface area contributed by atoms with Crippen molar-refractivity contribution in [2.75, 3.05) is 13.1 Å². The molecule has 2 aliphatic heterocycles. The van der Waals surface area contributed by atoms with E-state index in [0.717, 1.165) is 49.3 Å². The van der Waals surface area contributed by atoms with Crippen LogP contribution in [-0.2, 0) is 17.6 Å². The molecule has 0 aliphatic carbocycles. The summed E-state index contributed by atoms with van der Waals surface area (Å²) < 4.78 is 37.8. The highest BCUT2D eigenvalue weighted by Gasteiger charge is 2.45. The number of hydrogen-bond acceptors (Lipinski definition) is 3. The normalized spacial score (nSPS) is 25.2. The van der Waals surface area contributed by atoms with Gasteiger partial charge in [-0.2, -0.15) is 13.2 Å². The molecule has 0 N–H and O–H groups in total. The molecule has 1 unspecified atom stereocenters. The summed E-state index contributed by atoms with van der Waals surface area (Å²) in [6.07, 6.45) is -2.51. The predicted molar refractivity (Wildman–Crippen MR) is 82.0 cm³/mol. The summed E-state index contributed by atoms with van der Waals surface area (Å²) >= 11 is 0. The zero-order chi connectivity index (χ0) is 16.7. The van der Waals surface area contributed by atoms with Crippen LogP contribution in [0.2, 0.25) is 0 Å². The van der Waals surface area contributed by atoms with Crippen LogP contribution in [0.25, 0.3) is 0 Å². The van der Waals surface area contributed by atoms with Crippen LogP contribution < -0.4 is 0 Å². The minimum absolute atomic E-state index is 0.231. The van der Waals surface area contributed by atoms with Gasteiger partial charge in [0.2, 0.25) is 0 Å². The van der Waals surface area contributed by atoms with Gasteiger partial charge in [0.15, 0.2) is 5.60 Å². The SMILES string of the molecule is CC(C)C1=NOC2(CCN(Cc3ccc(C(F)(F)F)cc3)C2)C1. The highest BCUT2D eigenvalue weighted by Crippen LogP contribution is 2.36. The minimum Gasteiger partial charge on any atom is -0.387 e. The number of nitrogens with zero attached hydrogens (tertiary/aromatic N) is 2. The van der Waals surface area contributed by atoms with Crippen molar-refractivity contribution in [2.45, 2.75) is 45.0 Å². The third-order valence-electron chi connectivity index (χ3n) is 4.61. The average Bonchev–Trinajstić information content (AvgIpc) is 3.06. The molecule has 2 heterocycles. The maximum atomic E-state index is 12.6. The Balaban J connectivity index is 1.59. The largest absolute Gasteiger partial charge is 0.416 e. The molecule has 126 valence electrons. The average molecular weight is 326 g/mol. The summed E-state index contributed by atoms with van der Waals surface area (Å²) in [4.78, 5) is 7.93. The molecule has 6 heteroatoms. The Labute approximate surface area is 134 Å². The molecule has 1 spiro atoms. The molecule has 0 bridgehead atoms. The van der Waals surface area contributed by atoms with Gasteiger partial charge in [0, 0.05) is 32.5 Å². The maximum Gasteiger partial charge on any atom is 0.416 e. The third-order valence-corrected chi connectivity index (χ3v) is 4.61. The molecule has 1 saturated heterocycles. The quantitative estimate of drug-likeness (QED) is 0.836. The van der Waals surface area contributed by atoms with Gasteiger partial charge in [0.1, 0.15) is 0 Å². The van der Waals surface area contributed by atoms with Gasteiger partial charge in [-0.05, 0) is 23.6 Å². The first-order valence-corrected chi connectivity index (χ1v) is 7.91. The van der Waals surface area contributed by atoms with Gasteiger partial charge in [-0.1, -0.05) is 31.1 Å². The molecule has 2 aliphatic rings. The molecule has 1 aromatic carbocycles. The Bertz CT molecular complexity index is 595. The van der Waals surface area contributed by atoms with E-state index in [-0.39, 0.29) is 5.60 Å². The molecule has 1 aromatic rings. The standard InChI is InChI=1S/C17H21F3N2O/c1-12(2)15-9-16(23-21-15)7-8-22(11-16)10-13-3-5-14(6-4-13)17(18,19)20/h3-6,12H,7-11H2,1-2H3. The van der Waals surface area contributed by atoms with Gasteiger partial charge in [-0.3, -0.25) is 4.90 Å². The van der Waals surface area contributed by atoms with Gasteiger partial charge < -0.3 is 4.84 Å². The Hall–Kier alpha value is -1.56. The van der Waals surface area contributed by atoms with Crippen LogP contribution in [0.4, 0.5) is 13.2 Å². The summed E-state index contributed by atoms with van der Waals surface area (Å²) in [6, 6.07) is 5.40. The first-order chi connectivity index (χ1) is 10.8. The molecule has 3 rings (SSSR count). The van der Waals surface area contributed by atoms with Crippen molar-refractivity contribution in [2.24, 2.45) is 11.1 Å². The van der Waals surface area contributed by atoms with Crippen molar-refractivity contribution in [3.05, 3.63) is 35.4 Å². The number of hydrogen-bond donors (Lipinski definition) is 0. The number of oxime groups is 1. The lowest BCUT2D eigenvalue weighted by atomic mass is 9.92. The van der Waals surface area contributed by atoms with Crippen LogP contribution in [0.3, 0.4) is 0 Å². The zero-order valence-corrected chi connectivity index (χ0v) is 13.4. The van der Waals surface area contributed by atoms with E-state index in [0.29, 0.717) is 12.5 Å². The number of rotatable bonds is 3. The van der Waals surface area contributed by atoms with Gasteiger partial charge in [-0.25, -0.2) is 0 Å². The Kier molecular flexibility index (Phi) is 4.12. The van der Waals surface area contributed by atoms with Crippen molar-refractivity contribution in [1.29, 1.82) is 0 Å². The summed E-state index contributed by atoms with van der Waals surface area (Å²) in [6.45, 7) is 6.50. The summed E-state index contributed by atoms with van der Waals surface area (Å²) in [5, 5.41) is 4.22. The molecule has 3 nitrogen and oxygen atoms in total. The van der Waals surface area contributed by atoms with Crippen molar-refractivity contribution < 1.29 is 18.0 Å². The minimum atomic E-state index is -4.28. The van der Waals surface area contributed by atoms with Crippen molar-refractivity contribution in [1.82, 2.24) is 4.90 Å². The molecular formula is C17H21F3N2O. The fourth-order valence-corrected chi connectivity index (χ4v) is 3.20. The second-order valence-electron chi connectivity index (χ2n) is 6.84. The van der Waals surface area contributed by atoms with E-state index >= 15 is 0 Å². The number of alkyl halides is 3. The van der Waals surface area contributed by atoms with Crippen LogP contribution in [0, 0.1) is 5.92 Å². The van der Waals surface area contributed by atoms with Crippen molar-refractivity contribution >= 4 is 5.71 Å². The second-order valence-corrected chi connectivity index (χ2v) is 6.84. The van der Waals surface area contributed by atoms with E-state index in [1.807, 2.05) is 0 Å². The lowest BCUT2D eigenvalue weighted by molar-refractivity contribution is -0.137. The fourth-order valence-electron chi connectivity index (χ4n) is 3.20. The Morgan fingerprint density at radius 3 is 2.52 bits per heavy atom. The molecular weight excluding hydrogens is 305 g/mol. The first-order valence-electron chi connectivity index (χ1n) is 7.91. The molecule has 0 saturated carbocycles. The van der Waals surface area contributed by atoms with Crippen LogP contribution >= 0.6 is 0 Å². The second kappa shape index (κ2) is 5.82. The Morgan fingerprint density at radius 1 is 1.26 bits per heavy atom. The molecule has 1 atom stereocenters. The smallest absolute Gasteiger partial charge is 0.387 e. The predicted octanol–water partition coefficient (Wildman–Crippen LogP) is 4.08. The van der Waals surface area contributed by atoms with Gasteiger partial charge in [-0.15, -0.1) is 0 Å². The summed E-state index contributed by atoms with van der Waals surface area (Å²) in [5.74, 6) is 0.387. The molecule has 0 radical (unpaired) electrons. The van der Waals surface area contributed by atoms with E-state index in [4.69, 9.17) is 4.84 Å². The van der Waals surface area contributed by atoms with Crippen LogP contribution in [0.1, 0.15) is 37.8 Å². The van der Waals surface area contributed by atoms with Gasteiger partial charge >= 0.3 is 6.18 Å². The Morgan fingerprint density at radius 2 is 1.96 bits per heavy atom. The monoisotopic (exact) mass is 326 g/mol. The summed E-state index contributed by atoms with van der Waals surface area (Å²) in [5.41, 5.74) is 1.15. The topological polar surface area (TPSA) is 24.8 Å². The molecule has 0 amide bonds. The highest BCUT2D eigenvalue weighted by molar-refractivity contribution is 5.87. The van der Waals surface area contributed by atoms with Crippen LogP contribution in [0.15, 0.2) is 29.4 Å². The fraction of sp³-hybridized carbons (Fsp3) is 0.588. The highest BCUT2D eigenvalue weighted by atomic mass is 19.4. The molecule has 1 fully saturated rings. The number of likely N-dealkylation sites (tertiary alicyclic amines) is 1. The summed E-state index contributed by atoms with van der Waals surface area (Å²) in [7, 11) is 0. The lowest BCUT2D eigenvalue weighted by Crippen LogP contribution is -2.33. The van der Waals surface area contributed by atoms with Gasteiger partial charge in [0.05, 0.1) is 11.3 Å². The van der Waals surface area contributed by atoms with Crippen molar-refractivity contribution in [3.8, 4) is 0 Å². The first kappa shape index (κ1) is 16.3. The molecule has 0 aromatic heterocycles. The van der Waals surface area contributed by atoms with Crippen LogP contribution in [-0.4, -0.2) is 29.3 Å². The number of benzene rings is 1. The maximum absolute atomic E-state index is 12.6. The van der Waals surface area contributed by atoms with Crippen molar-refractivity contribution in [3.63, 3.8) is 0 Å². The lowest BCUT2D eigenvalue weighted by Gasteiger charge is -2.22. The van der Waals surface area contributed by atoms with Crippen LogP contribution in [0.5, 0.6) is 0 Å². The van der Waals surface area contributed by atoms with E-state index in [1.54, 1.807) is 12.1 Å². The van der Waals surface area contributed by atoms with E-state index in [2.05, 4.69) is 23.9 Å². The zero-order valence-electron chi connectivity index (χ0n) is 13.4. The van der Waals surface area contributed by atoms with Gasteiger partial charge in [0.25, 0.3) is 0 Å². The van der Waals surface area contributed by atoms with E-state index in [9.17, 15) is 13.2 Å².